The first-order valence-electron chi connectivity index (χ1n) is 10.6. The fourth-order valence-corrected chi connectivity index (χ4v) is 5.07. The van der Waals surface area contributed by atoms with E-state index in [2.05, 4.69) is 16.4 Å². The fourth-order valence-electron chi connectivity index (χ4n) is 4.01. The lowest BCUT2D eigenvalue weighted by Crippen LogP contribution is -2.30. The molecular weight excluding hydrogens is 444 g/mol. The molecule has 0 spiro atoms. The number of nitro groups is 1. The second-order valence-corrected chi connectivity index (χ2v) is 9.06. The van der Waals surface area contributed by atoms with Crippen LogP contribution in [0, 0.1) is 24.0 Å². The lowest BCUT2D eigenvalue weighted by atomic mass is 10.1. The highest BCUT2D eigenvalue weighted by Crippen LogP contribution is 2.31. The Balaban J connectivity index is 1.26. The number of aromatic nitrogens is 1. The van der Waals surface area contributed by atoms with Crippen LogP contribution >= 0.6 is 11.3 Å². The predicted molar refractivity (Wildman–Crippen MR) is 125 cm³/mol. The zero-order chi connectivity index (χ0) is 23.7. The molecule has 1 aliphatic heterocycles. The molecule has 1 aromatic heterocycles. The summed E-state index contributed by atoms with van der Waals surface area (Å²) in [6.07, 6.45) is 2.01. The zero-order valence-corrected chi connectivity index (χ0v) is 19.0. The summed E-state index contributed by atoms with van der Waals surface area (Å²) in [5, 5.41) is 14.6. The Hall–Kier alpha value is -3.66. The van der Waals surface area contributed by atoms with E-state index in [4.69, 9.17) is 0 Å². The van der Waals surface area contributed by atoms with E-state index in [9.17, 15) is 24.5 Å². The molecule has 1 N–H and O–H groups in total. The average Bonchev–Trinajstić information content (AvgIpc) is 3.27. The second kappa shape index (κ2) is 9.07. The van der Waals surface area contributed by atoms with Gasteiger partial charge in [0.15, 0.2) is 5.13 Å². The Kier molecular flexibility index (Phi) is 6.19. The van der Waals surface area contributed by atoms with Gasteiger partial charge in [-0.25, -0.2) is 4.98 Å². The van der Waals surface area contributed by atoms with Crippen LogP contribution in [0.5, 0.6) is 0 Å². The third-order valence-electron chi connectivity index (χ3n) is 5.54. The van der Waals surface area contributed by atoms with Crippen LogP contribution in [-0.2, 0) is 4.79 Å². The maximum absolute atomic E-state index is 12.6. The lowest BCUT2D eigenvalue weighted by molar-refractivity contribution is -0.385. The van der Waals surface area contributed by atoms with Gasteiger partial charge in [0.05, 0.1) is 20.7 Å². The van der Waals surface area contributed by atoms with Gasteiger partial charge in [0.2, 0.25) is 5.91 Å². The largest absolute Gasteiger partial charge is 0.302 e. The average molecular weight is 467 g/mol. The molecule has 0 saturated heterocycles. The number of nitrogens with zero attached hydrogens (tertiary/aromatic N) is 3. The summed E-state index contributed by atoms with van der Waals surface area (Å²) in [6, 6.07) is 8.15. The van der Waals surface area contributed by atoms with Crippen molar-refractivity contribution in [3.63, 3.8) is 0 Å². The maximum Gasteiger partial charge on any atom is 0.282 e. The minimum atomic E-state index is -0.653. The summed E-state index contributed by atoms with van der Waals surface area (Å²) < 4.78 is 1.03. The second-order valence-electron chi connectivity index (χ2n) is 8.03. The quantitative estimate of drug-likeness (QED) is 0.224. The SMILES string of the molecule is Cc1cc(C)c2nc(NC(=O)CCCCCN3C(=O)c4cccc([N+](=O)[O-])c4C3=O)sc2c1. The molecule has 0 bridgehead atoms. The first-order valence-corrected chi connectivity index (χ1v) is 11.4. The topological polar surface area (TPSA) is 123 Å². The molecule has 0 aliphatic carbocycles. The molecule has 0 radical (unpaired) electrons. The molecule has 0 saturated carbocycles. The summed E-state index contributed by atoms with van der Waals surface area (Å²) >= 11 is 1.44. The van der Waals surface area contributed by atoms with Crippen LogP contribution in [0.25, 0.3) is 10.2 Å². The van der Waals surface area contributed by atoms with Crippen LogP contribution in [-0.4, -0.2) is 39.1 Å². The molecule has 2 heterocycles. The standard InChI is InChI=1S/C23H22N4O5S/c1-13-11-14(2)20-17(12-13)33-23(25-20)24-18(28)9-4-3-5-10-26-21(29)15-7-6-8-16(27(31)32)19(15)22(26)30/h6-8,11-12H,3-5,9-10H2,1-2H3,(H,24,25,28). The predicted octanol–water partition coefficient (Wildman–Crippen LogP) is 4.62. The molecule has 3 amide bonds. The van der Waals surface area contributed by atoms with Crippen LogP contribution in [0.3, 0.4) is 0 Å². The Morgan fingerprint density at radius 2 is 1.94 bits per heavy atom. The van der Waals surface area contributed by atoms with Crippen molar-refractivity contribution in [1.82, 2.24) is 9.88 Å². The van der Waals surface area contributed by atoms with Crippen LogP contribution in [0.1, 0.15) is 57.5 Å². The molecule has 0 unspecified atom stereocenters. The van der Waals surface area contributed by atoms with Crippen molar-refractivity contribution < 1.29 is 19.3 Å². The van der Waals surface area contributed by atoms with Gasteiger partial charge in [-0.05, 0) is 49.9 Å². The molecule has 170 valence electrons. The summed E-state index contributed by atoms with van der Waals surface area (Å²) in [5.74, 6) is -1.29. The van der Waals surface area contributed by atoms with Gasteiger partial charge in [-0.3, -0.25) is 29.4 Å². The number of amides is 3. The van der Waals surface area contributed by atoms with Gasteiger partial charge in [-0.1, -0.05) is 29.9 Å². The van der Waals surface area contributed by atoms with E-state index in [1.807, 2.05) is 19.9 Å². The summed E-state index contributed by atoms with van der Waals surface area (Å²) in [5.41, 5.74) is 2.67. The van der Waals surface area contributed by atoms with E-state index in [-0.39, 0.29) is 29.3 Å². The summed E-state index contributed by atoms with van der Waals surface area (Å²) in [7, 11) is 0. The minimum absolute atomic E-state index is 0.0647. The number of fused-ring (bicyclic) bond motifs is 2. The van der Waals surface area contributed by atoms with Gasteiger partial charge < -0.3 is 5.32 Å². The molecule has 0 fully saturated rings. The first-order chi connectivity index (χ1) is 15.8. The van der Waals surface area contributed by atoms with E-state index in [1.54, 1.807) is 0 Å². The number of hydrogen-bond acceptors (Lipinski definition) is 7. The van der Waals surface area contributed by atoms with Gasteiger partial charge in [0.25, 0.3) is 17.5 Å². The number of benzene rings is 2. The third-order valence-corrected chi connectivity index (χ3v) is 6.45. The van der Waals surface area contributed by atoms with E-state index in [0.717, 1.165) is 26.2 Å². The van der Waals surface area contributed by atoms with Crippen molar-refractivity contribution in [3.8, 4) is 0 Å². The van der Waals surface area contributed by atoms with Crippen molar-refractivity contribution in [2.24, 2.45) is 0 Å². The number of carbonyl (C=O) groups is 3. The van der Waals surface area contributed by atoms with Gasteiger partial charge in [0.1, 0.15) is 5.56 Å². The Bertz CT molecular complexity index is 1300. The molecule has 2 aromatic carbocycles. The first kappa shape index (κ1) is 22.5. The summed E-state index contributed by atoms with van der Waals surface area (Å²) in [6.45, 7) is 4.17. The Morgan fingerprint density at radius 1 is 1.15 bits per heavy atom. The van der Waals surface area contributed by atoms with Gasteiger partial charge >= 0.3 is 0 Å². The number of thiazole rings is 1. The summed E-state index contributed by atoms with van der Waals surface area (Å²) in [4.78, 5) is 53.4. The van der Waals surface area contributed by atoms with E-state index < -0.39 is 16.7 Å². The minimum Gasteiger partial charge on any atom is -0.302 e. The maximum atomic E-state index is 12.6. The molecule has 3 aromatic rings. The Morgan fingerprint density at radius 3 is 2.70 bits per heavy atom. The van der Waals surface area contributed by atoms with Crippen molar-refractivity contribution in [1.29, 1.82) is 0 Å². The van der Waals surface area contributed by atoms with Crippen molar-refractivity contribution >= 4 is 50.1 Å². The normalized spacial score (nSPS) is 13.0. The van der Waals surface area contributed by atoms with E-state index in [0.29, 0.717) is 30.8 Å². The number of anilines is 1. The molecule has 33 heavy (non-hydrogen) atoms. The fraction of sp³-hybridized carbons (Fsp3) is 0.304. The number of rotatable bonds is 8. The van der Waals surface area contributed by atoms with Gasteiger partial charge in [-0.15, -0.1) is 0 Å². The lowest BCUT2D eigenvalue weighted by Gasteiger charge is -2.13. The Labute approximate surface area is 193 Å². The van der Waals surface area contributed by atoms with E-state index >= 15 is 0 Å². The molecular formula is C23H22N4O5S. The number of carbonyl (C=O) groups excluding carboxylic acids is 3. The van der Waals surface area contributed by atoms with Crippen molar-refractivity contribution in [3.05, 3.63) is 62.7 Å². The van der Waals surface area contributed by atoms with Gasteiger partial charge in [-0.2, -0.15) is 0 Å². The highest BCUT2D eigenvalue weighted by atomic mass is 32.1. The highest BCUT2D eigenvalue weighted by molar-refractivity contribution is 7.22. The number of nitro benzene ring substituents is 1. The number of nitrogens with one attached hydrogen (secondary N) is 1. The molecule has 9 nitrogen and oxygen atoms in total. The third kappa shape index (κ3) is 4.47. The van der Waals surface area contributed by atoms with Crippen molar-refractivity contribution in [2.75, 3.05) is 11.9 Å². The molecule has 0 atom stereocenters. The monoisotopic (exact) mass is 466 g/mol. The van der Waals surface area contributed by atoms with E-state index in [1.165, 1.54) is 29.5 Å². The van der Waals surface area contributed by atoms with Crippen LogP contribution in [0.2, 0.25) is 0 Å². The highest BCUT2D eigenvalue weighted by Gasteiger charge is 2.40. The van der Waals surface area contributed by atoms with Crippen molar-refractivity contribution in [2.45, 2.75) is 39.5 Å². The molecule has 4 rings (SSSR count). The number of aryl methyl sites for hydroxylation is 2. The van der Waals surface area contributed by atoms with Crippen LogP contribution in [0.15, 0.2) is 30.3 Å². The molecule has 1 aliphatic rings. The zero-order valence-electron chi connectivity index (χ0n) is 18.2. The smallest absolute Gasteiger partial charge is 0.282 e. The van der Waals surface area contributed by atoms with Gasteiger partial charge in [0, 0.05) is 19.0 Å². The number of hydrogen-bond donors (Lipinski definition) is 1. The molecule has 10 heteroatoms. The van der Waals surface area contributed by atoms with Crippen LogP contribution in [0.4, 0.5) is 10.8 Å². The number of imide groups is 1. The van der Waals surface area contributed by atoms with Crippen LogP contribution < -0.4 is 5.32 Å². The number of unbranched alkanes of at least 4 members (excludes halogenated alkanes) is 2.